The quantitative estimate of drug-likeness (QED) is 0.669. The highest BCUT2D eigenvalue weighted by Gasteiger charge is 2.69. The number of rotatable bonds is 8. The van der Waals surface area contributed by atoms with E-state index in [-0.39, 0.29) is 0 Å². The van der Waals surface area contributed by atoms with Crippen molar-refractivity contribution in [3.63, 3.8) is 0 Å². The van der Waals surface area contributed by atoms with Crippen molar-refractivity contribution in [2.45, 2.75) is 36.9 Å². The van der Waals surface area contributed by atoms with Gasteiger partial charge >= 0.3 is 11.8 Å². The Morgan fingerprint density at radius 1 is 0.947 bits per heavy atom. The summed E-state index contributed by atoms with van der Waals surface area (Å²) in [6.07, 6.45) is -15.0. The molecule has 0 aromatic rings. The van der Waals surface area contributed by atoms with E-state index in [1.54, 1.807) is 0 Å². The average molecular weight is 306 g/mol. The summed E-state index contributed by atoms with van der Waals surface area (Å²) in [6, 6.07) is 0. The molecule has 0 aromatic heterocycles. The summed E-state index contributed by atoms with van der Waals surface area (Å²) >= 11 is 0. The molecule has 0 aliphatic rings. The fourth-order valence-electron chi connectivity index (χ4n) is 0.846. The zero-order valence-electron chi connectivity index (χ0n) is 9.05. The summed E-state index contributed by atoms with van der Waals surface area (Å²) in [5.41, 5.74) is 0. The van der Waals surface area contributed by atoms with Crippen LogP contribution in [-0.2, 0) is 4.74 Å². The molecule has 0 aliphatic carbocycles. The molecule has 2 N–H and O–H groups in total. The standard InChI is InChI=1S/C8H10F8O3/c9-4(5(10)11)7(13,14)8(15,16)6(12)19-2-3(18)1-17/h3-6,17-18H,1-2H2. The van der Waals surface area contributed by atoms with Crippen LogP contribution < -0.4 is 0 Å². The van der Waals surface area contributed by atoms with E-state index in [1.807, 2.05) is 0 Å². The van der Waals surface area contributed by atoms with Crippen LogP contribution in [0.4, 0.5) is 35.1 Å². The molecular formula is C8H10F8O3. The normalized spacial score (nSPS) is 18.5. The third kappa shape index (κ3) is 4.14. The van der Waals surface area contributed by atoms with Gasteiger partial charge in [0.1, 0.15) is 6.10 Å². The van der Waals surface area contributed by atoms with Crippen LogP contribution in [-0.4, -0.2) is 60.3 Å². The van der Waals surface area contributed by atoms with Crippen LogP contribution in [0.15, 0.2) is 0 Å². The zero-order valence-corrected chi connectivity index (χ0v) is 9.05. The monoisotopic (exact) mass is 306 g/mol. The summed E-state index contributed by atoms with van der Waals surface area (Å²) in [4.78, 5) is 0. The first-order valence-electron chi connectivity index (χ1n) is 4.70. The summed E-state index contributed by atoms with van der Waals surface area (Å²) in [6.45, 7) is -2.35. The second-order valence-corrected chi connectivity index (χ2v) is 3.47. The Balaban J connectivity index is 4.83. The number of ether oxygens (including phenoxy) is 1. The molecule has 0 bridgehead atoms. The summed E-state index contributed by atoms with van der Waals surface area (Å²) < 4.78 is 103. The molecule has 116 valence electrons. The Labute approximate surface area is 101 Å². The third-order valence-corrected chi connectivity index (χ3v) is 1.94. The van der Waals surface area contributed by atoms with E-state index in [2.05, 4.69) is 4.74 Å². The highest BCUT2D eigenvalue weighted by atomic mass is 19.3. The molecule has 0 saturated carbocycles. The van der Waals surface area contributed by atoms with E-state index in [4.69, 9.17) is 10.2 Å². The van der Waals surface area contributed by atoms with Crippen molar-refractivity contribution in [1.82, 2.24) is 0 Å². The molecule has 0 fully saturated rings. The first-order chi connectivity index (χ1) is 8.48. The summed E-state index contributed by atoms with van der Waals surface area (Å²) in [5, 5.41) is 16.8. The van der Waals surface area contributed by atoms with E-state index in [1.165, 1.54) is 0 Å². The minimum atomic E-state index is -6.01. The molecule has 19 heavy (non-hydrogen) atoms. The number of aliphatic hydroxyl groups is 2. The Morgan fingerprint density at radius 2 is 1.42 bits per heavy atom. The van der Waals surface area contributed by atoms with Crippen LogP contribution in [0, 0.1) is 0 Å². The minimum Gasteiger partial charge on any atom is -0.394 e. The Kier molecular flexibility index (Phi) is 6.42. The largest absolute Gasteiger partial charge is 0.394 e. The predicted molar refractivity (Wildman–Crippen MR) is 44.7 cm³/mol. The molecule has 0 radical (unpaired) electrons. The van der Waals surface area contributed by atoms with E-state index in [0.717, 1.165) is 0 Å². The topological polar surface area (TPSA) is 49.7 Å². The lowest BCUT2D eigenvalue weighted by atomic mass is 10.1. The lowest BCUT2D eigenvalue weighted by Gasteiger charge is -2.30. The second kappa shape index (κ2) is 6.66. The Bertz CT molecular complexity index is 275. The maximum absolute atomic E-state index is 12.8. The van der Waals surface area contributed by atoms with Crippen LogP contribution in [0.2, 0.25) is 0 Å². The zero-order chi connectivity index (χ0) is 15.4. The van der Waals surface area contributed by atoms with Gasteiger partial charge in [-0.05, 0) is 0 Å². The van der Waals surface area contributed by atoms with Crippen LogP contribution in [0.25, 0.3) is 0 Å². The van der Waals surface area contributed by atoms with Crippen molar-refractivity contribution in [1.29, 1.82) is 0 Å². The number of aliphatic hydroxyl groups excluding tert-OH is 2. The molecule has 3 nitrogen and oxygen atoms in total. The first kappa shape index (κ1) is 18.3. The molecule has 11 heteroatoms. The molecule has 3 unspecified atom stereocenters. The van der Waals surface area contributed by atoms with Gasteiger partial charge in [-0.25, -0.2) is 17.6 Å². The molecule has 0 spiro atoms. The van der Waals surface area contributed by atoms with Gasteiger partial charge in [0.2, 0.25) is 6.17 Å². The fraction of sp³-hybridized carbons (Fsp3) is 1.00. The fourth-order valence-corrected chi connectivity index (χ4v) is 0.846. The lowest BCUT2D eigenvalue weighted by molar-refractivity contribution is -0.322. The number of hydrogen-bond donors (Lipinski definition) is 2. The molecule has 0 saturated heterocycles. The van der Waals surface area contributed by atoms with Gasteiger partial charge in [0.15, 0.2) is 0 Å². The number of hydrogen-bond acceptors (Lipinski definition) is 3. The van der Waals surface area contributed by atoms with Crippen LogP contribution >= 0.6 is 0 Å². The van der Waals surface area contributed by atoms with E-state index in [0.29, 0.717) is 0 Å². The smallest absolute Gasteiger partial charge is 0.367 e. The second-order valence-electron chi connectivity index (χ2n) is 3.47. The van der Waals surface area contributed by atoms with Crippen molar-refractivity contribution in [3.05, 3.63) is 0 Å². The summed E-state index contributed by atoms with van der Waals surface area (Å²) in [5.74, 6) is -11.9. The maximum Gasteiger partial charge on any atom is 0.367 e. The van der Waals surface area contributed by atoms with Gasteiger partial charge < -0.3 is 14.9 Å². The molecule has 3 atom stereocenters. The van der Waals surface area contributed by atoms with Crippen molar-refractivity contribution in [2.75, 3.05) is 13.2 Å². The molecular weight excluding hydrogens is 296 g/mol. The first-order valence-corrected chi connectivity index (χ1v) is 4.70. The van der Waals surface area contributed by atoms with Gasteiger partial charge in [0, 0.05) is 0 Å². The highest BCUT2D eigenvalue weighted by Crippen LogP contribution is 2.44. The van der Waals surface area contributed by atoms with Gasteiger partial charge in [-0.2, -0.15) is 17.6 Å². The van der Waals surface area contributed by atoms with Crippen LogP contribution in [0.1, 0.15) is 0 Å². The number of halogens is 8. The maximum atomic E-state index is 12.8. The molecule has 0 amide bonds. The van der Waals surface area contributed by atoms with Gasteiger partial charge in [-0.3, -0.25) is 0 Å². The van der Waals surface area contributed by atoms with Crippen LogP contribution in [0.5, 0.6) is 0 Å². The molecule has 0 aliphatic heterocycles. The minimum absolute atomic E-state index is 1.04. The van der Waals surface area contributed by atoms with E-state index in [9.17, 15) is 35.1 Å². The highest BCUT2D eigenvalue weighted by molar-refractivity contribution is 4.94. The SMILES string of the molecule is OCC(O)COC(F)C(F)(F)C(F)(F)C(F)C(F)F. The van der Waals surface area contributed by atoms with Crippen molar-refractivity contribution >= 4 is 0 Å². The summed E-state index contributed by atoms with van der Waals surface area (Å²) in [7, 11) is 0. The average Bonchev–Trinajstić information content (AvgIpc) is 2.33. The van der Waals surface area contributed by atoms with Gasteiger partial charge in [0.25, 0.3) is 12.8 Å². The molecule has 0 heterocycles. The van der Waals surface area contributed by atoms with Crippen molar-refractivity contribution in [3.8, 4) is 0 Å². The Hall–Kier alpha value is -0.680. The van der Waals surface area contributed by atoms with Crippen molar-refractivity contribution in [2.24, 2.45) is 0 Å². The van der Waals surface area contributed by atoms with Gasteiger partial charge in [0.05, 0.1) is 13.2 Å². The van der Waals surface area contributed by atoms with Gasteiger partial charge in [-0.15, -0.1) is 0 Å². The Morgan fingerprint density at radius 3 is 1.79 bits per heavy atom. The van der Waals surface area contributed by atoms with Crippen molar-refractivity contribution < 1.29 is 50.1 Å². The van der Waals surface area contributed by atoms with E-state index < -0.39 is 50.1 Å². The molecule has 0 aromatic carbocycles. The van der Waals surface area contributed by atoms with Gasteiger partial charge in [-0.1, -0.05) is 0 Å². The van der Waals surface area contributed by atoms with Crippen LogP contribution in [0.3, 0.4) is 0 Å². The predicted octanol–water partition coefficient (Wildman–Crippen LogP) is 1.53. The lowest BCUT2D eigenvalue weighted by Crippen LogP contribution is -2.56. The third-order valence-electron chi connectivity index (χ3n) is 1.94. The number of alkyl halides is 8. The molecule has 0 rings (SSSR count). The van der Waals surface area contributed by atoms with E-state index >= 15 is 0 Å².